The molecule has 1 unspecified atom stereocenters. The minimum atomic E-state index is -0.0782. The zero-order chi connectivity index (χ0) is 19.7. The lowest BCUT2D eigenvalue weighted by atomic mass is 10.2. The number of aromatic nitrogens is 4. The van der Waals surface area contributed by atoms with Crippen molar-refractivity contribution in [1.29, 1.82) is 0 Å². The molecule has 0 spiro atoms. The van der Waals surface area contributed by atoms with E-state index in [1.54, 1.807) is 39.8 Å². The molecule has 10 heteroatoms. The lowest BCUT2D eigenvalue weighted by Crippen LogP contribution is -2.07. The van der Waals surface area contributed by atoms with Crippen molar-refractivity contribution in [1.82, 2.24) is 19.5 Å². The van der Waals surface area contributed by atoms with E-state index < -0.39 is 0 Å². The minimum Gasteiger partial charge on any atom is -0.496 e. The number of methoxy groups -OCH3 is 3. The van der Waals surface area contributed by atoms with Crippen LogP contribution in [0.15, 0.2) is 23.6 Å². The first-order valence-electron chi connectivity index (χ1n) is 8.76. The van der Waals surface area contributed by atoms with Gasteiger partial charge < -0.3 is 24.3 Å². The number of benzene rings is 1. The summed E-state index contributed by atoms with van der Waals surface area (Å²) < 4.78 is 24.0. The fraction of sp³-hybridized carbons (Fsp3) is 0.389. The van der Waals surface area contributed by atoms with Crippen LogP contribution in [-0.2, 0) is 4.74 Å². The van der Waals surface area contributed by atoms with E-state index in [9.17, 15) is 0 Å². The van der Waals surface area contributed by atoms with Crippen LogP contribution in [0, 0.1) is 0 Å². The summed E-state index contributed by atoms with van der Waals surface area (Å²) in [6.45, 7) is 0.731. The molecule has 0 bridgehead atoms. The van der Waals surface area contributed by atoms with Gasteiger partial charge in [-0.3, -0.25) is 4.57 Å². The summed E-state index contributed by atoms with van der Waals surface area (Å²) in [7, 11) is 4.73. The number of hydrogen-bond donors (Lipinski definition) is 2. The third kappa shape index (κ3) is 3.29. The van der Waals surface area contributed by atoms with Crippen LogP contribution in [0.25, 0.3) is 11.2 Å². The third-order valence-corrected chi connectivity index (χ3v) is 4.78. The van der Waals surface area contributed by atoms with E-state index in [0.29, 0.717) is 45.1 Å². The Morgan fingerprint density at radius 3 is 2.50 bits per heavy atom. The van der Waals surface area contributed by atoms with Crippen molar-refractivity contribution < 1.29 is 18.9 Å². The van der Waals surface area contributed by atoms with Gasteiger partial charge >= 0.3 is 0 Å². The molecular weight excluding hydrogens is 382 g/mol. The van der Waals surface area contributed by atoms with Gasteiger partial charge in [0.2, 0.25) is 0 Å². The number of thiol groups is 1. The van der Waals surface area contributed by atoms with Crippen LogP contribution in [-0.4, -0.2) is 47.5 Å². The standard InChI is InChI=1S/C18H21N5O4S/c1-24-10-7-11(25-2)14(12(8-10)26-3)20-16-15-17(22-18(28)21-16)23(9-19-15)13-5-4-6-27-13/h7-9,13H,4-6H2,1-3H3,(H2,20,21,22,28). The zero-order valence-electron chi connectivity index (χ0n) is 15.8. The second-order valence-corrected chi connectivity index (χ2v) is 6.60. The van der Waals surface area contributed by atoms with Gasteiger partial charge in [-0.25, -0.2) is 15.0 Å². The smallest absolute Gasteiger partial charge is 0.188 e. The van der Waals surface area contributed by atoms with Gasteiger partial charge in [-0.15, -0.1) is 12.6 Å². The second-order valence-electron chi connectivity index (χ2n) is 6.20. The van der Waals surface area contributed by atoms with Gasteiger partial charge in [-0.1, -0.05) is 0 Å². The van der Waals surface area contributed by atoms with Gasteiger partial charge in [-0.2, -0.15) is 0 Å². The third-order valence-electron chi connectivity index (χ3n) is 4.58. The molecule has 3 aromatic rings. The molecule has 4 rings (SSSR count). The fourth-order valence-corrected chi connectivity index (χ4v) is 3.42. The molecule has 0 aliphatic carbocycles. The molecule has 1 aromatic carbocycles. The van der Waals surface area contributed by atoms with Gasteiger partial charge in [0, 0.05) is 18.7 Å². The number of rotatable bonds is 6. The van der Waals surface area contributed by atoms with Gasteiger partial charge in [0.1, 0.15) is 29.2 Å². The molecule has 1 saturated heterocycles. The minimum absolute atomic E-state index is 0.0782. The number of hydrogen-bond acceptors (Lipinski definition) is 9. The van der Waals surface area contributed by atoms with Crippen LogP contribution in [0.4, 0.5) is 11.5 Å². The molecule has 1 atom stereocenters. The van der Waals surface area contributed by atoms with Crippen LogP contribution >= 0.6 is 12.6 Å². The molecule has 0 amide bonds. The van der Waals surface area contributed by atoms with E-state index in [-0.39, 0.29) is 6.23 Å². The molecule has 1 N–H and O–H groups in total. The summed E-state index contributed by atoms with van der Waals surface area (Å²) >= 11 is 4.36. The van der Waals surface area contributed by atoms with Crippen molar-refractivity contribution >= 4 is 35.3 Å². The quantitative estimate of drug-likeness (QED) is 0.479. The van der Waals surface area contributed by atoms with E-state index in [4.69, 9.17) is 18.9 Å². The van der Waals surface area contributed by atoms with E-state index in [1.165, 1.54) is 0 Å². The number of nitrogens with zero attached hydrogens (tertiary/aromatic N) is 4. The molecule has 0 saturated carbocycles. The average Bonchev–Trinajstić information content (AvgIpc) is 3.37. The highest BCUT2D eigenvalue weighted by Crippen LogP contribution is 2.41. The molecule has 9 nitrogen and oxygen atoms in total. The zero-order valence-corrected chi connectivity index (χ0v) is 16.7. The Morgan fingerprint density at radius 2 is 1.89 bits per heavy atom. The van der Waals surface area contributed by atoms with Gasteiger partial charge in [0.05, 0.1) is 27.7 Å². The van der Waals surface area contributed by atoms with Crippen LogP contribution < -0.4 is 19.5 Å². The fourth-order valence-electron chi connectivity index (χ4n) is 3.23. The summed E-state index contributed by atoms with van der Waals surface area (Å²) in [5, 5.41) is 3.58. The largest absolute Gasteiger partial charge is 0.496 e. The van der Waals surface area contributed by atoms with Crippen LogP contribution in [0.2, 0.25) is 0 Å². The molecule has 1 aliphatic rings. The second kappa shape index (κ2) is 7.72. The van der Waals surface area contributed by atoms with Gasteiger partial charge in [0.15, 0.2) is 22.1 Å². The van der Waals surface area contributed by atoms with Crippen LogP contribution in [0.5, 0.6) is 17.2 Å². The molecule has 0 radical (unpaired) electrons. The number of nitrogens with one attached hydrogen (secondary N) is 1. The molecule has 148 valence electrons. The Labute approximate surface area is 167 Å². The highest BCUT2D eigenvalue weighted by molar-refractivity contribution is 7.80. The summed E-state index contributed by atoms with van der Waals surface area (Å²) in [4.78, 5) is 13.4. The number of fused-ring (bicyclic) bond motifs is 1. The first-order chi connectivity index (χ1) is 13.6. The maximum absolute atomic E-state index is 5.77. The van der Waals surface area contributed by atoms with E-state index in [0.717, 1.165) is 19.4 Å². The van der Waals surface area contributed by atoms with Crippen LogP contribution in [0.3, 0.4) is 0 Å². The summed E-state index contributed by atoms with van der Waals surface area (Å²) in [6, 6.07) is 3.52. The Balaban J connectivity index is 1.80. The van der Waals surface area contributed by atoms with Crippen molar-refractivity contribution in [2.45, 2.75) is 24.2 Å². The maximum Gasteiger partial charge on any atom is 0.188 e. The lowest BCUT2D eigenvalue weighted by molar-refractivity contribution is 0.0592. The van der Waals surface area contributed by atoms with Crippen molar-refractivity contribution in [3.63, 3.8) is 0 Å². The first-order valence-corrected chi connectivity index (χ1v) is 9.21. The molecule has 28 heavy (non-hydrogen) atoms. The Morgan fingerprint density at radius 1 is 1.14 bits per heavy atom. The Hall–Kier alpha value is -2.72. The van der Waals surface area contributed by atoms with Gasteiger partial charge in [-0.05, 0) is 12.8 Å². The SMILES string of the molecule is COc1cc(OC)c(Nc2nc(S)nc3c2ncn3C2CCCO2)c(OC)c1. The summed E-state index contributed by atoms with van der Waals surface area (Å²) in [5.41, 5.74) is 1.86. The maximum atomic E-state index is 5.77. The summed E-state index contributed by atoms with van der Waals surface area (Å²) in [5.74, 6) is 2.20. The summed E-state index contributed by atoms with van der Waals surface area (Å²) in [6.07, 6.45) is 3.57. The Kier molecular flexibility index (Phi) is 5.14. The highest BCUT2D eigenvalue weighted by Gasteiger charge is 2.23. The molecule has 2 aromatic heterocycles. The average molecular weight is 403 g/mol. The topological polar surface area (TPSA) is 92.6 Å². The number of ether oxygens (including phenoxy) is 4. The van der Waals surface area contributed by atoms with Crippen molar-refractivity contribution in [3.8, 4) is 17.2 Å². The first kappa shape index (κ1) is 18.6. The predicted molar refractivity (Wildman–Crippen MR) is 106 cm³/mol. The van der Waals surface area contributed by atoms with Crippen molar-refractivity contribution in [2.75, 3.05) is 33.3 Å². The predicted octanol–water partition coefficient (Wildman–Crippen LogP) is 3.19. The van der Waals surface area contributed by atoms with E-state index in [2.05, 4.69) is 32.9 Å². The number of anilines is 2. The lowest BCUT2D eigenvalue weighted by Gasteiger charge is -2.16. The van der Waals surface area contributed by atoms with E-state index >= 15 is 0 Å². The Bertz CT molecular complexity index is 978. The molecule has 3 heterocycles. The van der Waals surface area contributed by atoms with Gasteiger partial charge in [0.25, 0.3) is 0 Å². The molecular formula is C18H21N5O4S. The van der Waals surface area contributed by atoms with Crippen molar-refractivity contribution in [3.05, 3.63) is 18.5 Å². The van der Waals surface area contributed by atoms with E-state index in [1.807, 2.05) is 4.57 Å². The molecule has 1 fully saturated rings. The molecule has 1 aliphatic heterocycles. The monoisotopic (exact) mass is 403 g/mol. The normalized spacial score (nSPS) is 16.4. The van der Waals surface area contributed by atoms with Crippen molar-refractivity contribution in [2.24, 2.45) is 0 Å². The van der Waals surface area contributed by atoms with Crippen LogP contribution in [0.1, 0.15) is 19.1 Å². The number of imidazole rings is 1. The highest BCUT2D eigenvalue weighted by atomic mass is 32.1.